The molecule has 0 atom stereocenters. The summed E-state index contributed by atoms with van der Waals surface area (Å²) in [7, 11) is 0. The molecule has 0 saturated heterocycles. The van der Waals surface area contributed by atoms with Crippen LogP contribution in [0.5, 0.6) is 0 Å². The Labute approximate surface area is 107 Å². The van der Waals surface area contributed by atoms with Crippen molar-refractivity contribution >= 4 is 39.8 Å². The van der Waals surface area contributed by atoms with Crippen LogP contribution in [-0.2, 0) is 16.0 Å². The molecule has 0 unspecified atom stereocenters. The van der Waals surface area contributed by atoms with E-state index < -0.39 is 0 Å². The Hall–Kier alpha value is -0.870. The van der Waals surface area contributed by atoms with Crippen molar-refractivity contribution in [2.75, 3.05) is 6.61 Å². The van der Waals surface area contributed by atoms with Crippen LogP contribution in [0.3, 0.4) is 0 Å². The standard InChI is InChI=1S/C11H10BrClO3/c1-2-16-11(15)5-7-3-9(12)8(6-14)10(13)4-7/h3-4,6H,2,5H2,1H3. The second-order valence-corrected chi connectivity index (χ2v) is 4.33. The van der Waals surface area contributed by atoms with Gasteiger partial charge in [-0.2, -0.15) is 0 Å². The zero-order valence-electron chi connectivity index (χ0n) is 8.63. The van der Waals surface area contributed by atoms with Crippen LogP contribution in [0.15, 0.2) is 16.6 Å². The number of benzene rings is 1. The molecule has 0 aromatic heterocycles. The molecule has 0 saturated carbocycles. The molecule has 0 spiro atoms. The van der Waals surface area contributed by atoms with Crippen molar-refractivity contribution in [1.29, 1.82) is 0 Å². The molecule has 0 amide bonds. The molecule has 1 aromatic rings. The zero-order chi connectivity index (χ0) is 12.1. The number of rotatable bonds is 4. The zero-order valence-corrected chi connectivity index (χ0v) is 11.0. The lowest BCUT2D eigenvalue weighted by molar-refractivity contribution is -0.142. The second-order valence-electron chi connectivity index (χ2n) is 3.07. The van der Waals surface area contributed by atoms with Gasteiger partial charge in [-0.3, -0.25) is 9.59 Å². The average molecular weight is 306 g/mol. The van der Waals surface area contributed by atoms with Gasteiger partial charge in [0.25, 0.3) is 0 Å². The Balaban J connectivity index is 2.91. The van der Waals surface area contributed by atoms with Crippen molar-refractivity contribution < 1.29 is 14.3 Å². The van der Waals surface area contributed by atoms with Crippen molar-refractivity contribution in [3.05, 3.63) is 32.8 Å². The van der Waals surface area contributed by atoms with Gasteiger partial charge >= 0.3 is 5.97 Å². The van der Waals surface area contributed by atoms with Crippen LogP contribution in [0.2, 0.25) is 5.02 Å². The highest BCUT2D eigenvalue weighted by Crippen LogP contribution is 2.25. The molecular formula is C11H10BrClO3. The van der Waals surface area contributed by atoms with Gasteiger partial charge in [-0.15, -0.1) is 0 Å². The molecule has 86 valence electrons. The van der Waals surface area contributed by atoms with Gasteiger partial charge in [0.2, 0.25) is 0 Å². The number of esters is 1. The Morgan fingerprint density at radius 1 is 1.56 bits per heavy atom. The number of ether oxygens (including phenoxy) is 1. The minimum absolute atomic E-state index is 0.144. The molecule has 16 heavy (non-hydrogen) atoms. The highest BCUT2D eigenvalue weighted by molar-refractivity contribution is 9.10. The number of hydrogen-bond donors (Lipinski definition) is 0. The van der Waals surface area contributed by atoms with E-state index in [0.717, 1.165) is 0 Å². The third-order valence-corrected chi connectivity index (χ3v) is 2.88. The fraction of sp³-hybridized carbons (Fsp3) is 0.273. The van der Waals surface area contributed by atoms with E-state index in [0.29, 0.717) is 33.5 Å². The summed E-state index contributed by atoms with van der Waals surface area (Å²) in [6.07, 6.45) is 0.811. The summed E-state index contributed by atoms with van der Waals surface area (Å²) in [5.41, 5.74) is 1.09. The summed E-state index contributed by atoms with van der Waals surface area (Å²) in [6, 6.07) is 3.28. The van der Waals surface area contributed by atoms with E-state index in [1.807, 2.05) is 0 Å². The summed E-state index contributed by atoms with van der Waals surface area (Å²) < 4.78 is 5.39. The van der Waals surface area contributed by atoms with Crippen LogP contribution in [0, 0.1) is 0 Å². The van der Waals surface area contributed by atoms with Crippen molar-refractivity contribution in [1.82, 2.24) is 0 Å². The monoisotopic (exact) mass is 304 g/mol. The predicted molar refractivity (Wildman–Crippen MR) is 64.9 cm³/mol. The van der Waals surface area contributed by atoms with E-state index in [2.05, 4.69) is 15.9 Å². The van der Waals surface area contributed by atoms with Gasteiger partial charge in [0.05, 0.1) is 18.1 Å². The Bertz CT molecular complexity index is 395. The fourth-order valence-corrected chi connectivity index (χ4v) is 2.23. The first kappa shape index (κ1) is 13.2. The third kappa shape index (κ3) is 3.32. The van der Waals surface area contributed by atoms with Gasteiger partial charge in [-0.1, -0.05) is 11.6 Å². The van der Waals surface area contributed by atoms with Crippen LogP contribution in [0.25, 0.3) is 0 Å². The highest BCUT2D eigenvalue weighted by Gasteiger charge is 2.10. The third-order valence-electron chi connectivity index (χ3n) is 1.91. The first-order chi connectivity index (χ1) is 7.58. The first-order valence-corrected chi connectivity index (χ1v) is 5.84. The summed E-state index contributed by atoms with van der Waals surface area (Å²) in [6.45, 7) is 2.09. The molecule has 0 fully saturated rings. The summed E-state index contributed by atoms with van der Waals surface area (Å²) in [5.74, 6) is -0.315. The van der Waals surface area contributed by atoms with Crippen LogP contribution in [0.4, 0.5) is 0 Å². The van der Waals surface area contributed by atoms with E-state index in [-0.39, 0.29) is 12.4 Å². The van der Waals surface area contributed by atoms with Crippen LogP contribution in [-0.4, -0.2) is 18.9 Å². The number of hydrogen-bond acceptors (Lipinski definition) is 3. The normalized spacial score (nSPS) is 9.94. The SMILES string of the molecule is CCOC(=O)Cc1cc(Cl)c(C=O)c(Br)c1. The van der Waals surface area contributed by atoms with Gasteiger partial charge in [-0.25, -0.2) is 0 Å². The molecule has 0 aliphatic carbocycles. The lowest BCUT2D eigenvalue weighted by Gasteiger charge is -2.05. The number of halogens is 2. The maximum absolute atomic E-state index is 11.2. The maximum Gasteiger partial charge on any atom is 0.310 e. The summed E-state index contributed by atoms with van der Waals surface area (Å²) in [5, 5.41) is 0.323. The van der Waals surface area contributed by atoms with Gasteiger partial charge in [-0.05, 0) is 40.5 Å². The molecule has 0 bridgehead atoms. The van der Waals surface area contributed by atoms with Gasteiger partial charge in [0, 0.05) is 10.0 Å². The molecule has 3 nitrogen and oxygen atoms in total. The van der Waals surface area contributed by atoms with Crippen LogP contribution in [0.1, 0.15) is 22.8 Å². The molecule has 1 aromatic carbocycles. The van der Waals surface area contributed by atoms with Gasteiger partial charge in [0.15, 0.2) is 6.29 Å². The lowest BCUT2D eigenvalue weighted by Crippen LogP contribution is -2.07. The first-order valence-electron chi connectivity index (χ1n) is 4.67. The van der Waals surface area contributed by atoms with E-state index in [4.69, 9.17) is 16.3 Å². The topological polar surface area (TPSA) is 43.4 Å². The van der Waals surface area contributed by atoms with E-state index >= 15 is 0 Å². The number of aldehydes is 1. The quantitative estimate of drug-likeness (QED) is 0.634. The van der Waals surface area contributed by atoms with Crippen molar-refractivity contribution in [3.63, 3.8) is 0 Å². The Morgan fingerprint density at radius 3 is 2.75 bits per heavy atom. The van der Waals surface area contributed by atoms with Crippen LogP contribution >= 0.6 is 27.5 Å². The van der Waals surface area contributed by atoms with Crippen molar-refractivity contribution in [2.24, 2.45) is 0 Å². The predicted octanol–water partition coefficient (Wildman–Crippen LogP) is 3.02. The fourth-order valence-electron chi connectivity index (χ4n) is 1.23. The minimum Gasteiger partial charge on any atom is -0.466 e. The molecule has 0 aliphatic heterocycles. The van der Waals surface area contributed by atoms with Crippen molar-refractivity contribution in [3.8, 4) is 0 Å². The molecule has 0 heterocycles. The molecule has 5 heteroatoms. The minimum atomic E-state index is -0.315. The van der Waals surface area contributed by atoms with Crippen LogP contribution < -0.4 is 0 Å². The molecule has 0 N–H and O–H groups in total. The van der Waals surface area contributed by atoms with Gasteiger partial charge < -0.3 is 4.74 Å². The average Bonchev–Trinajstić information content (AvgIpc) is 2.17. The van der Waals surface area contributed by atoms with E-state index in [1.165, 1.54) is 0 Å². The summed E-state index contributed by atoms with van der Waals surface area (Å²) >= 11 is 9.10. The Morgan fingerprint density at radius 2 is 2.25 bits per heavy atom. The summed E-state index contributed by atoms with van der Waals surface area (Å²) in [4.78, 5) is 21.9. The Kier molecular flexibility index (Phi) is 4.96. The highest BCUT2D eigenvalue weighted by atomic mass is 79.9. The van der Waals surface area contributed by atoms with E-state index in [1.54, 1.807) is 19.1 Å². The van der Waals surface area contributed by atoms with Gasteiger partial charge in [0.1, 0.15) is 0 Å². The maximum atomic E-state index is 11.2. The number of carbonyl (C=O) groups is 2. The lowest BCUT2D eigenvalue weighted by atomic mass is 10.1. The second kappa shape index (κ2) is 6.01. The van der Waals surface area contributed by atoms with Crippen molar-refractivity contribution in [2.45, 2.75) is 13.3 Å². The molecule has 0 radical (unpaired) electrons. The molecule has 0 aliphatic rings. The molecular weight excluding hydrogens is 295 g/mol. The largest absolute Gasteiger partial charge is 0.466 e. The smallest absolute Gasteiger partial charge is 0.310 e. The molecule has 1 rings (SSSR count). The van der Waals surface area contributed by atoms with E-state index in [9.17, 15) is 9.59 Å². The number of carbonyl (C=O) groups excluding carboxylic acids is 2.